The van der Waals surface area contributed by atoms with E-state index in [-0.39, 0.29) is 17.5 Å². The molecule has 2 amide bonds. The molecule has 100 valence electrons. The van der Waals surface area contributed by atoms with E-state index in [1.54, 1.807) is 18.3 Å². The SMILES string of the molecule is NCC1(N2C(=O)c3cccnc3C2=O)CCCCC1. The van der Waals surface area contributed by atoms with Gasteiger partial charge in [-0.1, -0.05) is 19.3 Å². The van der Waals surface area contributed by atoms with Gasteiger partial charge in [-0.15, -0.1) is 0 Å². The molecule has 0 bridgehead atoms. The highest BCUT2D eigenvalue weighted by Gasteiger charge is 2.49. The number of carbonyl (C=O) groups excluding carboxylic acids is 2. The zero-order chi connectivity index (χ0) is 13.5. The van der Waals surface area contributed by atoms with Gasteiger partial charge in [-0.3, -0.25) is 19.5 Å². The molecule has 2 heterocycles. The highest BCUT2D eigenvalue weighted by atomic mass is 16.2. The zero-order valence-electron chi connectivity index (χ0n) is 10.8. The molecule has 1 aromatic rings. The van der Waals surface area contributed by atoms with Crippen molar-refractivity contribution in [1.29, 1.82) is 0 Å². The molecule has 19 heavy (non-hydrogen) atoms. The quantitative estimate of drug-likeness (QED) is 0.813. The van der Waals surface area contributed by atoms with Gasteiger partial charge in [-0.2, -0.15) is 0 Å². The molecule has 0 saturated heterocycles. The van der Waals surface area contributed by atoms with Gasteiger partial charge in [0.2, 0.25) is 0 Å². The Morgan fingerprint density at radius 3 is 2.58 bits per heavy atom. The van der Waals surface area contributed by atoms with E-state index in [1.807, 2.05) is 0 Å². The fraction of sp³-hybridized carbons (Fsp3) is 0.500. The van der Waals surface area contributed by atoms with Crippen LogP contribution in [0.1, 0.15) is 53.0 Å². The van der Waals surface area contributed by atoms with E-state index >= 15 is 0 Å². The first kappa shape index (κ1) is 12.3. The molecular weight excluding hydrogens is 242 g/mol. The lowest BCUT2D eigenvalue weighted by molar-refractivity contribution is 0.0344. The number of imide groups is 1. The summed E-state index contributed by atoms with van der Waals surface area (Å²) in [5.74, 6) is -0.520. The summed E-state index contributed by atoms with van der Waals surface area (Å²) in [7, 11) is 0. The maximum absolute atomic E-state index is 12.5. The number of aromatic nitrogens is 1. The molecule has 1 aliphatic carbocycles. The summed E-state index contributed by atoms with van der Waals surface area (Å²) in [5, 5.41) is 0. The van der Waals surface area contributed by atoms with Gasteiger partial charge in [-0.05, 0) is 25.0 Å². The van der Waals surface area contributed by atoms with Crippen molar-refractivity contribution in [2.45, 2.75) is 37.6 Å². The molecule has 0 unspecified atom stereocenters. The van der Waals surface area contributed by atoms with Crippen LogP contribution in [0.15, 0.2) is 18.3 Å². The van der Waals surface area contributed by atoms with Gasteiger partial charge in [0.1, 0.15) is 5.69 Å². The van der Waals surface area contributed by atoms with Gasteiger partial charge < -0.3 is 5.73 Å². The number of carbonyl (C=O) groups is 2. The van der Waals surface area contributed by atoms with Crippen molar-refractivity contribution in [3.05, 3.63) is 29.6 Å². The van der Waals surface area contributed by atoms with Crippen LogP contribution in [0, 0.1) is 0 Å². The lowest BCUT2D eigenvalue weighted by Gasteiger charge is -2.42. The summed E-state index contributed by atoms with van der Waals surface area (Å²) in [6.07, 6.45) is 6.31. The van der Waals surface area contributed by atoms with Crippen LogP contribution in [0.5, 0.6) is 0 Å². The number of amides is 2. The Kier molecular flexibility index (Phi) is 2.86. The fourth-order valence-corrected chi connectivity index (χ4v) is 3.23. The largest absolute Gasteiger partial charge is 0.328 e. The van der Waals surface area contributed by atoms with E-state index in [4.69, 9.17) is 5.73 Å². The Morgan fingerprint density at radius 1 is 1.21 bits per heavy atom. The molecule has 2 N–H and O–H groups in total. The molecular formula is C14H17N3O2. The van der Waals surface area contributed by atoms with E-state index in [9.17, 15) is 9.59 Å². The molecule has 0 atom stereocenters. The predicted molar refractivity (Wildman–Crippen MR) is 69.6 cm³/mol. The van der Waals surface area contributed by atoms with Crippen molar-refractivity contribution in [1.82, 2.24) is 9.88 Å². The van der Waals surface area contributed by atoms with Crippen LogP contribution in [-0.4, -0.2) is 33.8 Å². The van der Waals surface area contributed by atoms with Crippen LogP contribution in [0.4, 0.5) is 0 Å². The van der Waals surface area contributed by atoms with Gasteiger partial charge >= 0.3 is 0 Å². The second kappa shape index (κ2) is 4.42. The minimum Gasteiger partial charge on any atom is -0.328 e. The summed E-state index contributed by atoms with van der Waals surface area (Å²) in [5.41, 5.74) is 6.08. The molecule has 3 rings (SSSR count). The van der Waals surface area contributed by atoms with Crippen molar-refractivity contribution < 1.29 is 9.59 Å². The number of hydrogen-bond donors (Lipinski definition) is 1. The normalized spacial score (nSPS) is 21.6. The monoisotopic (exact) mass is 259 g/mol. The van der Waals surface area contributed by atoms with E-state index in [1.165, 1.54) is 4.90 Å². The molecule has 5 nitrogen and oxygen atoms in total. The van der Waals surface area contributed by atoms with Crippen LogP contribution in [0.3, 0.4) is 0 Å². The second-order valence-electron chi connectivity index (χ2n) is 5.33. The molecule has 1 aromatic heterocycles. The van der Waals surface area contributed by atoms with E-state index in [0.717, 1.165) is 32.1 Å². The van der Waals surface area contributed by atoms with E-state index < -0.39 is 5.54 Å². The fourth-order valence-electron chi connectivity index (χ4n) is 3.23. The van der Waals surface area contributed by atoms with Gasteiger partial charge in [0.15, 0.2) is 0 Å². The summed E-state index contributed by atoms with van der Waals surface area (Å²) in [6.45, 7) is 0.332. The lowest BCUT2D eigenvalue weighted by Crippen LogP contribution is -2.57. The Hall–Kier alpha value is -1.75. The number of nitrogens with two attached hydrogens (primary N) is 1. The van der Waals surface area contributed by atoms with E-state index in [2.05, 4.69) is 4.98 Å². The lowest BCUT2D eigenvalue weighted by atomic mass is 9.80. The van der Waals surface area contributed by atoms with Gasteiger partial charge in [0.05, 0.1) is 11.1 Å². The topological polar surface area (TPSA) is 76.3 Å². The first-order valence-electron chi connectivity index (χ1n) is 6.74. The summed E-state index contributed by atoms with van der Waals surface area (Å²) in [4.78, 5) is 30.4. The van der Waals surface area contributed by atoms with Crippen LogP contribution in [-0.2, 0) is 0 Å². The first-order valence-corrected chi connectivity index (χ1v) is 6.74. The molecule has 1 aliphatic heterocycles. The van der Waals surface area contributed by atoms with Crippen molar-refractivity contribution >= 4 is 11.8 Å². The summed E-state index contributed by atoms with van der Waals surface area (Å²) in [6, 6.07) is 3.35. The summed E-state index contributed by atoms with van der Waals surface area (Å²) >= 11 is 0. The summed E-state index contributed by atoms with van der Waals surface area (Å²) < 4.78 is 0. The average molecular weight is 259 g/mol. The smallest absolute Gasteiger partial charge is 0.280 e. The predicted octanol–water partition coefficient (Wildman–Crippen LogP) is 1.34. The van der Waals surface area contributed by atoms with Crippen LogP contribution >= 0.6 is 0 Å². The number of nitrogens with zero attached hydrogens (tertiary/aromatic N) is 2. The minimum absolute atomic E-state index is 0.236. The molecule has 5 heteroatoms. The third kappa shape index (κ3) is 1.69. The highest BCUT2D eigenvalue weighted by Crippen LogP contribution is 2.37. The number of fused-ring (bicyclic) bond motifs is 1. The second-order valence-corrected chi connectivity index (χ2v) is 5.33. The molecule has 0 spiro atoms. The van der Waals surface area contributed by atoms with Gasteiger partial charge in [0, 0.05) is 12.7 Å². The molecule has 1 saturated carbocycles. The first-order chi connectivity index (χ1) is 9.19. The Morgan fingerprint density at radius 2 is 1.95 bits per heavy atom. The number of pyridine rings is 1. The van der Waals surface area contributed by atoms with Crippen molar-refractivity contribution in [2.24, 2.45) is 5.73 Å². The third-order valence-corrected chi connectivity index (χ3v) is 4.29. The van der Waals surface area contributed by atoms with Crippen molar-refractivity contribution in [2.75, 3.05) is 6.54 Å². The maximum Gasteiger partial charge on any atom is 0.280 e. The Balaban J connectivity index is 2.03. The number of hydrogen-bond acceptors (Lipinski definition) is 4. The van der Waals surface area contributed by atoms with E-state index in [0.29, 0.717) is 12.1 Å². The molecule has 1 fully saturated rings. The van der Waals surface area contributed by atoms with Gasteiger partial charge in [-0.25, -0.2) is 0 Å². The molecule has 0 radical (unpaired) electrons. The molecule has 0 aromatic carbocycles. The Bertz CT molecular complexity index is 500. The zero-order valence-corrected chi connectivity index (χ0v) is 10.8. The minimum atomic E-state index is -0.507. The Labute approximate surface area is 111 Å². The van der Waals surface area contributed by atoms with Crippen molar-refractivity contribution in [3.8, 4) is 0 Å². The van der Waals surface area contributed by atoms with Crippen LogP contribution < -0.4 is 5.73 Å². The van der Waals surface area contributed by atoms with Crippen LogP contribution in [0.25, 0.3) is 0 Å². The third-order valence-electron chi connectivity index (χ3n) is 4.29. The number of rotatable bonds is 2. The van der Waals surface area contributed by atoms with Crippen LogP contribution in [0.2, 0.25) is 0 Å². The average Bonchev–Trinajstić information content (AvgIpc) is 2.73. The van der Waals surface area contributed by atoms with Crippen molar-refractivity contribution in [3.63, 3.8) is 0 Å². The molecule has 2 aliphatic rings. The maximum atomic E-state index is 12.5. The highest BCUT2D eigenvalue weighted by molar-refractivity contribution is 6.20. The van der Waals surface area contributed by atoms with Gasteiger partial charge in [0.25, 0.3) is 11.8 Å². The standard InChI is InChI=1S/C14H17N3O2/c15-9-14(6-2-1-3-7-14)17-12(18)10-5-4-8-16-11(10)13(17)19/h4-5,8H,1-3,6-7,9,15H2.